The second-order valence-corrected chi connectivity index (χ2v) is 15.3. The number of guanidine groups is 1. The van der Waals surface area contributed by atoms with E-state index in [1.807, 2.05) is 0 Å². The van der Waals surface area contributed by atoms with Crippen LogP contribution in [-0.4, -0.2) is 39.7 Å². The molecule has 2 N–H and O–H groups in total. The third-order valence-electron chi connectivity index (χ3n) is 12.3. The van der Waals surface area contributed by atoms with Gasteiger partial charge in [0, 0.05) is 19.5 Å². The van der Waals surface area contributed by atoms with E-state index in [4.69, 9.17) is 10.7 Å². The number of aliphatic imine (C=N–C) groups is 1. The minimum Gasteiger partial charge on any atom is -0.369 e. The molecule has 0 aromatic heterocycles. The molecular formula is C38H58N4O2. The van der Waals surface area contributed by atoms with E-state index in [0.29, 0.717) is 42.7 Å². The number of benzene rings is 1. The van der Waals surface area contributed by atoms with E-state index in [-0.39, 0.29) is 5.91 Å². The third-order valence-corrected chi connectivity index (χ3v) is 12.3. The first kappa shape index (κ1) is 31.6. The number of hydrogen-bond acceptors (Lipinski definition) is 4. The summed E-state index contributed by atoms with van der Waals surface area (Å²) in [5, 5.41) is 0. The molecule has 0 bridgehead atoms. The molecule has 2 heterocycles. The van der Waals surface area contributed by atoms with Crippen LogP contribution in [0.4, 0.5) is 0 Å². The van der Waals surface area contributed by atoms with E-state index in [1.165, 1.54) is 102 Å². The summed E-state index contributed by atoms with van der Waals surface area (Å²) in [6.07, 6.45) is 22.7. The van der Waals surface area contributed by atoms with Crippen molar-refractivity contribution < 1.29 is 9.59 Å². The number of likely N-dealkylation sites (tertiary alicyclic amines) is 1. The quantitative estimate of drug-likeness (QED) is 0.263. The van der Waals surface area contributed by atoms with Crippen LogP contribution >= 0.6 is 0 Å². The molecular weight excluding hydrogens is 544 g/mol. The highest BCUT2D eigenvalue weighted by Crippen LogP contribution is 2.46. The van der Waals surface area contributed by atoms with E-state index < -0.39 is 5.54 Å². The second-order valence-electron chi connectivity index (χ2n) is 15.3. The van der Waals surface area contributed by atoms with E-state index in [9.17, 15) is 9.59 Å². The Balaban J connectivity index is 1.10. The van der Waals surface area contributed by atoms with Gasteiger partial charge in [-0.05, 0) is 79.2 Å². The summed E-state index contributed by atoms with van der Waals surface area (Å²) in [5.74, 6) is 4.17. The molecule has 6 rings (SSSR count). The lowest BCUT2D eigenvalue weighted by Gasteiger charge is -2.40. The number of unbranched alkanes of at least 4 members (excludes halogenated alkanes) is 1. The van der Waals surface area contributed by atoms with Crippen molar-refractivity contribution >= 4 is 17.8 Å². The maximum absolute atomic E-state index is 14.2. The van der Waals surface area contributed by atoms with E-state index in [0.717, 1.165) is 49.6 Å². The van der Waals surface area contributed by atoms with Crippen LogP contribution in [0.5, 0.6) is 0 Å². The van der Waals surface area contributed by atoms with Gasteiger partial charge in [0.2, 0.25) is 5.91 Å². The van der Waals surface area contributed by atoms with Crippen molar-refractivity contribution in [2.75, 3.05) is 6.54 Å². The molecule has 2 unspecified atom stereocenters. The summed E-state index contributed by atoms with van der Waals surface area (Å²) in [5.41, 5.74) is 8.14. The standard InChI is InChI=1S/C38H58N4O2/c1-2-3-14-33-27-41(35(43)23-32-19-20-34(32)33)25-30-15-17-31(18-16-30)26-42-36(44)38(40-37(42)39,24-29-12-8-5-9-13-29)22-21-28-10-6-4-7-11-28/h15-18,28-29,32-34H,2-14,19-27H2,1H3,(H2,39,40)/t32?,33-,34?,38+/m0/s1. The van der Waals surface area contributed by atoms with Gasteiger partial charge in [0.1, 0.15) is 5.54 Å². The molecule has 0 radical (unpaired) electrons. The average molecular weight is 603 g/mol. The highest BCUT2D eigenvalue weighted by molar-refractivity contribution is 6.06. The number of carbonyl (C=O) groups excluding carboxylic acids is 2. The molecule has 5 aliphatic rings. The summed E-state index contributed by atoms with van der Waals surface area (Å²) in [6, 6.07) is 8.55. The summed E-state index contributed by atoms with van der Waals surface area (Å²) < 4.78 is 0. The molecule has 6 heteroatoms. The van der Waals surface area contributed by atoms with Crippen molar-refractivity contribution in [3.63, 3.8) is 0 Å². The number of carbonyl (C=O) groups is 2. The smallest absolute Gasteiger partial charge is 0.257 e. The van der Waals surface area contributed by atoms with Crippen LogP contribution < -0.4 is 5.73 Å². The van der Waals surface area contributed by atoms with E-state index in [2.05, 4.69) is 36.1 Å². The first-order chi connectivity index (χ1) is 21.4. The topological polar surface area (TPSA) is 79.0 Å². The highest BCUT2D eigenvalue weighted by Gasteiger charge is 2.49. The monoisotopic (exact) mass is 602 g/mol. The lowest BCUT2D eigenvalue weighted by Crippen LogP contribution is -2.45. The van der Waals surface area contributed by atoms with Gasteiger partial charge in [-0.3, -0.25) is 14.5 Å². The van der Waals surface area contributed by atoms with Gasteiger partial charge in [0.05, 0.1) is 6.54 Å². The lowest BCUT2D eigenvalue weighted by atomic mass is 9.65. The van der Waals surface area contributed by atoms with Crippen LogP contribution in [0.1, 0.15) is 140 Å². The van der Waals surface area contributed by atoms with Gasteiger partial charge in [-0.2, -0.15) is 0 Å². The molecule has 2 aliphatic heterocycles. The fraction of sp³-hybridized carbons (Fsp3) is 0.763. The summed E-state index contributed by atoms with van der Waals surface area (Å²) in [4.78, 5) is 36.4. The molecule has 4 fully saturated rings. The Bertz CT molecular complexity index is 1150. The van der Waals surface area contributed by atoms with Gasteiger partial charge in [-0.25, -0.2) is 4.99 Å². The number of fused-ring (bicyclic) bond motifs is 1. The Morgan fingerprint density at radius 1 is 0.841 bits per heavy atom. The molecule has 242 valence electrons. The van der Waals surface area contributed by atoms with Crippen LogP contribution in [-0.2, 0) is 22.7 Å². The number of amides is 2. The zero-order valence-electron chi connectivity index (χ0n) is 27.5. The largest absolute Gasteiger partial charge is 0.369 e. The molecule has 0 spiro atoms. The maximum atomic E-state index is 14.2. The predicted octanol–water partition coefficient (Wildman–Crippen LogP) is 7.98. The minimum absolute atomic E-state index is 0.128. The fourth-order valence-corrected chi connectivity index (χ4v) is 9.44. The van der Waals surface area contributed by atoms with Gasteiger partial charge in [-0.15, -0.1) is 0 Å². The molecule has 2 amide bonds. The Hall–Kier alpha value is -2.37. The van der Waals surface area contributed by atoms with Crippen molar-refractivity contribution in [3.05, 3.63) is 35.4 Å². The van der Waals surface area contributed by atoms with Crippen molar-refractivity contribution in [2.45, 2.75) is 148 Å². The average Bonchev–Trinajstić information content (AvgIpc) is 3.21. The Morgan fingerprint density at radius 2 is 1.50 bits per heavy atom. The van der Waals surface area contributed by atoms with Crippen molar-refractivity contribution in [3.8, 4) is 0 Å². The normalized spacial score (nSPS) is 30.2. The molecule has 1 saturated heterocycles. The number of nitrogens with two attached hydrogens (primary N) is 1. The molecule has 3 aliphatic carbocycles. The van der Waals surface area contributed by atoms with Gasteiger partial charge < -0.3 is 10.6 Å². The molecule has 6 nitrogen and oxygen atoms in total. The van der Waals surface area contributed by atoms with Gasteiger partial charge in [-0.1, -0.05) is 108 Å². The number of nitrogens with zero attached hydrogens (tertiary/aromatic N) is 3. The van der Waals surface area contributed by atoms with Crippen LogP contribution in [0.15, 0.2) is 29.3 Å². The highest BCUT2D eigenvalue weighted by atomic mass is 16.2. The zero-order chi connectivity index (χ0) is 30.5. The number of rotatable bonds is 12. The molecule has 4 atom stereocenters. The SMILES string of the molecule is CCCC[C@H]1CN(Cc2ccc(CN3C(=O)[C@@](CCC4CCCCC4)(CC4CCCCC4)N=C3N)cc2)C(=O)CC2CCC21. The van der Waals surface area contributed by atoms with Crippen molar-refractivity contribution in [1.82, 2.24) is 9.80 Å². The van der Waals surface area contributed by atoms with E-state index in [1.54, 1.807) is 4.90 Å². The summed E-state index contributed by atoms with van der Waals surface area (Å²) in [6.45, 7) is 4.32. The number of hydrogen-bond donors (Lipinski definition) is 1. The third kappa shape index (κ3) is 7.20. The molecule has 3 saturated carbocycles. The Labute approximate surface area is 266 Å². The first-order valence-electron chi connectivity index (χ1n) is 18.5. The van der Waals surface area contributed by atoms with Crippen molar-refractivity contribution in [1.29, 1.82) is 0 Å². The van der Waals surface area contributed by atoms with E-state index >= 15 is 0 Å². The Morgan fingerprint density at radius 3 is 2.14 bits per heavy atom. The Kier molecular flexibility index (Phi) is 10.3. The fourth-order valence-electron chi connectivity index (χ4n) is 9.44. The van der Waals surface area contributed by atoms with Crippen LogP contribution in [0.25, 0.3) is 0 Å². The van der Waals surface area contributed by atoms with Crippen LogP contribution in [0, 0.1) is 29.6 Å². The maximum Gasteiger partial charge on any atom is 0.257 e. The van der Waals surface area contributed by atoms with Gasteiger partial charge in [0.15, 0.2) is 5.96 Å². The summed E-state index contributed by atoms with van der Waals surface area (Å²) in [7, 11) is 0. The predicted molar refractivity (Wildman–Crippen MR) is 178 cm³/mol. The lowest BCUT2D eigenvalue weighted by molar-refractivity contribution is -0.133. The second kappa shape index (κ2) is 14.4. The van der Waals surface area contributed by atoms with Crippen molar-refractivity contribution in [2.24, 2.45) is 40.3 Å². The first-order valence-corrected chi connectivity index (χ1v) is 18.5. The van der Waals surface area contributed by atoms with Crippen LogP contribution in [0.3, 0.4) is 0 Å². The summed E-state index contributed by atoms with van der Waals surface area (Å²) >= 11 is 0. The molecule has 44 heavy (non-hydrogen) atoms. The minimum atomic E-state index is -0.676. The molecule has 1 aromatic carbocycles. The van der Waals surface area contributed by atoms with Crippen LogP contribution in [0.2, 0.25) is 0 Å². The molecule has 1 aromatic rings. The zero-order valence-corrected chi connectivity index (χ0v) is 27.5. The van der Waals surface area contributed by atoms with Gasteiger partial charge >= 0.3 is 0 Å². The van der Waals surface area contributed by atoms with Gasteiger partial charge in [0.25, 0.3) is 5.91 Å².